The van der Waals surface area contributed by atoms with Crippen molar-refractivity contribution in [1.82, 2.24) is 16.1 Å². The second-order valence-electron chi connectivity index (χ2n) is 8.00. The number of amides is 2. The van der Waals surface area contributed by atoms with Gasteiger partial charge in [0, 0.05) is 23.6 Å². The second-order valence-corrected chi connectivity index (χ2v) is 8.00. The van der Waals surface area contributed by atoms with E-state index in [4.69, 9.17) is 5.21 Å². The highest BCUT2D eigenvalue weighted by molar-refractivity contribution is 5.83. The molecule has 0 fully saturated rings. The van der Waals surface area contributed by atoms with Crippen LogP contribution in [-0.4, -0.2) is 29.1 Å². The summed E-state index contributed by atoms with van der Waals surface area (Å²) in [6, 6.07) is 14.2. The number of hydrogen-bond acceptors (Lipinski definition) is 4. The minimum absolute atomic E-state index is 0.0655. The molecule has 1 unspecified atom stereocenters. The lowest BCUT2D eigenvalue weighted by molar-refractivity contribution is -0.129. The van der Waals surface area contributed by atoms with Crippen molar-refractivity contribution in [2.75, 3.05) is 6.54 Å². The average Bonchev–Trinajstić information content (AvgIpc) is 2.64. The van der Waals surface area contributed by atoms with Crippen molar-refractivity contribution in [3.05, 3.63) is 60.3 Å². The van der Waals surface area contributed by atoms with Gasteiger partial charge in [-0.1, -0.05) is 49.0 Å². The number of carbonyl (C=O) groups excluding carboxylic acids is 2. The summed E-state index contributed by atoms with van der Waals surface area (Å²) in [5.74, 6) is -0.909. The molecule has 0 aliphatic heterocycles. The van der Waals surface area contributed by atoms with Crippen LogP contribution in [0.4, 0.5) is 0 Å². The third-order valence-corrected chi connectivity index (χ3v) is 4.34. The molecule has 0 aromatic heterocycles. The maximum atomic E-state index is 12.0. The Kier molecular flexibility index (Phi) is 7.18. The molecule has 0 heterocycles. The Morgan fingerprint density at radius 3 is 2.39 bits per heavy atom. The Hall–Kier alpha value is -2.86. The van der Waals surface area contributed by atoms with E-state index in [1.807, 2.05) is 57.2 Å². The number of fused-ring (bicyclic) bond motifs is 1. The third-order valence-electron chi connectivity index (χ3n) is 4.34. The van der Waals surface area contributed by atoms with Crippen LogP contribution in [0, 0.1) is 5.92 Å². The first-order chi connectivity index (χ1) is 13.2. The van der Waals surface area contributed by atoms with Crippen molar-refractivity contribution >= 4 is 22.6 Å². The Labute approximate surface area is 166 Å². The van der Waals surface area contributed by atoms with E-state index in [1.165, 1.54) is 0 Å². The molecule has 4 N–H and O–H groups in total. The van der Waals surface area contributed by atoms with Gasteiger partial charge in [0.05, 0.1) is 6.54 Å². The SMILES string of the molecule is C=C(NCC(=O)NC(C)(C)C)C(CC(=O)NO)Cc1ccc2ccccc2c1. The number of hydrogen-bond donors (Lipinski definition) is 4. The van der Waals surface area contributed by atoms with Crippen molar-refractivity contribution in [1.29, 1.82) is 0 Å². The number of carbonyl (C=O) groups is 2. The molecular weight excluding hydrogens is 354 g/mol. The Bertz CT molecular complexity index is 855. The minimum Gasteiger partial charge on any atom is -0.380 e. The fourth-order valence-corrected chi connectivity index (χ4v) is 3.04. The van der Waals surface area contributed by atoms with E-state index in [2.05, 4.69) is 23.3 Å². The van der Waals surface area contributed by atoms with Crippen LogP contribution in [0.5, 0.6) is 0 Å². The fraction of sp³-hybridized carbons (Fsp3) is 0.364. The van der Waals surface area contributed by atoms with Gasteiger partial charge in [0.15, 0.2) is 0 Å². The van der Waals surface area contributed by atoms with Gasteiger partial charge in [0.25, 0.3) is 0 Å². The summed E-state index contributed by atoms with van der Waals surface area (Å²) in [5, 5.41) is 17.1. The quantitative estimate of drug-likeness (QED) is 0.417. The average molecular weight is 383 g/mol. The van der Waals surface area contributed by atoms with E-state index in [1.54, 1.807) is 5.48 Å². The molecule has 0 bridgehead atoms. The first-order valence-corrected chi connectivity index (χ1v) is 9.32. The smallest absolute Gasteiger partial charge is 0.244 e. The largest absolute Gasteiger partial charge is 0.380 e. The van der Waals surface area contributed by atoms with Gasteiger partial charge in [-0.05, 0) is 43.5 Å². The van der Waals surface area contributed by atoms with Crippen LogP contribution >= 0.6 is 0 Å². The van der Waals surface area contributed by atoms with E-state index >= 15 is 0 Å². The summed E-state index contributed by atoms with van der Waals surface area (Å²) in [5.41, 5.74) is 2.99. The zero-order chi connectivity index (χ0) is 20.7. The molecule has 0 aliphatic rings. The Balaban J connectivity index is 2.08. The zero-order valence-corrected chi connectivity index (χ0v) is 16.7. The molecular formula is C22H29N3O3. The van der Waals surface area contributed by atoms with Gasteiger partial charge in [-0.2, -0.15) is 0 Å². The maximum Gasteiger partial charge on any atom is 0.244 e. The van der Waals surface area contributed by atoms with Crippen LogP contribution in [0.15, 0.2) is 54.7 Å². The van der Waals surface area contributed by atoms with Crippen LogP contribution in [0.3, 0.4) is 0 Å². The summed E-state index contributed by atoms with van der Waals surface area (Å²) in [6.45, 7) is 9.82. The molecule has 2 aromatic rings. The summed E-state index contributed by atoms with van der Waals surface area (Å²) < 4.78 is 0. The highest BCUT2D eigenvalue weighted by Crippen LogP contribution is 2.22. The van der Waals surface area contributed by atoms with Gasteiger partial charge < -0.3 is 10.6 Å². The van der Waals surface area contributed by atoms with E-state index < -0.39 is 5.91 Å². The molecule has 0 saturated carbocycles. The van der Waals surface area contributed by atoms with Crippen LogP contribution in [0.2, 0.25) is 0 Å². The highest BCUT2D eigenvalue weighted by Gasteiger charge is 2.19. The normalized spacial score (nSPS) is 12.3. The standard InChI is InChI=1S/C22H29N3O3/c1-15(23-14-21(27)24-22(2,3)4)19(13-20(26)25-28)12-16-9-10-17-7-5-6-8-18(17)11-16/h5-11,19,23,28H,1,12-14H2,2-4H3,(H,24,27)(H,25,26). The predicted octanol–water partition coefficient (Wildman–Crippen LogP) is 2.91. The summed E-state index contributed by atoms with van der Waals surface area (Å²) in [7, 11) is 0. The van der Waals surface area contributed by atoms with Gasteiger partial charge in [-0.15, -0.1) is 0 Å². The molecule has 0 aliphatic carbocycles. The molecule has 6 nitrogen and oxygen atoms in total. The van der Waals surface area contributed by atoms with Gasteiger partial charge >= 0.3 is 0 Å². The summed E-state index contributed by atoms with van der Waals surface area (Å²) in [4.78, 5) is 23.8. The van der Waals surface area contributed by atoms with Crippen LogP contribution < -0.4 is 16.1 Å². The van der Waals surface area contributed by atoms with Crippen LogP contribution in [0.1, 0.15) is 32.8 Å². The predicted molar refractivity (Wildman–Crippen MR) is 111 cm³/mol. The van der Waals surface area contributed by atoms with E-state index in [9.17, 15) is 9.59 Å². The van der Waals surface area contributed by atoms with Gasteiger partial charge in [0.2, 0.25) is 11.8 Å². The third kappa shape index (κ3) is 6.70. The number of rotatable bonds is 8. The molecule has 0 radical (unpaired) electrons. The molecule has 6 heteroatoms. The van der Waals surface area contributed by atoms with Gasteiger partial charge in [-0.25, -0.2) is 5.48 Å². The number of allylic oxidation sites excluding steroid dienone is 1. The first kappa shape index (κ1) is 21.4. The molecule has 2 aromatic carbocycles. The lowest BCUT2D eigenvalue weighted by Gasteiger charge is -2.23. The number of hydroxylamine groups is 1. The van der Waals surface area contributed by atoms with E-state index in [-0.39, 0.29) is 30.3 Å². The van der Waals surface area contributed by atoms with Crippen LogP contribution in [-0.2, 0) is 16.0 Å². The molecule has 1 atom stereocenters. The Morgan fingerprint density at radius 2 is 1.75 bits per heavy atom. The maximum absolute atomic E-state index is 12.0. The van der Waals surface area contributed by atoms with Gasteiger partial charge in [-0.3, -0.25) is 14.8 Å². The van der Waals surface area contributed by atoms with Crippen molar-refractivity contribution < 1.29 is 14.8 Å². The molecule has 0 spiro atoms. The Morgan fingerprint density at radius 1 is 1.07 bits per heavy atom. The van der Waals surface area contributed by atoms with Crippen molar-refractivity contribution in [3.8, 4) is 0 Å². The minimum atomic E-state index is -0.493. The van der Waals surface area contributed by atoms with Crippen molar-refractivity contribution in [2.45, 2.75) is 39.2 Å². The zero-order valence-electron chi connectivity index (χ0n) is 16.7. The van der Waals surface area contributed by atoms with Gasteiger partial charge in [0.1, 0.15) is 0 Å². The van der Waals surface area contributed by atoms with E-state index in [0.29, 0.717) is 12.1 Å². The number of benzene rings is 2. The topological polar surface area (TPSA) is 90.5 Å². The first-order valence-electron chi connectivity index (χ1n) is 9.32. The second kappa shape index (κ2) is 9.37. The lowest BCUT2D eigenvalue weighted by atomic mass is 9.92. The van der Waals surface area contributed by atoms with E-state index in [0.717, 1.165) is 16.3 Å². The molecule has 2 amide bonds. The molecule has 28 heavy (non-hydrogen) atoms. The monoisotopic (exact) mass is 383 g/mol. The van der Waals surface area contributed by atoms with Crippen LogP contribution in [0.25, 0.3) is 10.8 Å². The summed E-state index contributed by atoms with van der Waals surface area (Å²) >= 11 is 0. The highest BCUT2D eigenvalue weighted by atomic mass is 16.5. The fourth-order valence-electron chi connectivity index (χ4n) is 3.04. The molecule has 2 rings (SSSR count). The summed E-state index contributed by atoms with van der Waals surface area (Å²) in [6.07, 6.45) is 0.626. The van der Waals surface area contributed by atoms with Crippen molar-refractivity contribution in [3.63, 3.8) is 0 Å². The number of nitrogens with one attached hydrogen (secondary N) is 3. The molecule has 150 valence electrons. The lowest BCUT2D eigenvalue weighted by Crippen LogP contribution is -2.45. The molecule has 0 saturated heterocycles. The van der Waals surface area contributed by atoms with Crippen molar-refractivity contribution in [2.24, 2.45) is 5.92 Å².